The molecule has 2 aliphatic heterocycles. The Morgan fingerprint density at radius 2 is 2.13 bits per heavy atom. The van der Waals surface area contributed by atoms with E-state index in [-0.39, 0.29) is 74.1 Å². The molecule has 14 heteroatoms. The van der Waals surface area contributed by atoms with E-state index in [0.29, 0.717) is 11.1 Å². The number of cyclic esters (lactones) is 1. The minimum atomic E-state index is -1.74. The predicted molar refractivity (Wildman–Crippen MR) is 136 cm³/mol. The molecule has 1 aromatic carbocycles. The van der Waals surface area contributed by atoms with Gasteiger partial charge in [-0.25, -0.2) is 23.5 Å². The molecule has 1 fully saturated rings. The van der Waals surface area contributed by atoms with Gasteiger partial charge in [-0.15, -0.1) is 0 Å². The number of carbonyl (C=O) groups excluding carboxylic acids is 3. The van der Waals surface area contributed by atoms with E-state index >= 15 is 4.39 Å². The Morgan fingerprint density at radius 1 is 1.33 bits per heavy atom. The van der Waals surface area contributed by atoms with E-state index in [1.807, 2.05) is 0 Å². The highest BCUT2D eigenvalue weighted by molar-refractivity contribution is 5.95. The van der Waals surface area contributed by atoms with Crippen molar-refractivity contribution in [3.05, 3.63) is 35.3 Å². The molecule has 2 unspecified atom stereocenters. The van der Waals surface area contributed by atoms with Crippen LogP contribution in [0.5, 0.6) is 5.88 Å². The summed E-state index contributed by atoms with van der Waals surface area (Å²) in [6, 6.07) is 2.41. The Labute approximate surface area is 223 Å². The van der Waals surface area contributed by atoms with Gasteiger partial charge in [0, 0.05) is 31.6 Å². The van der Waals surface area contributed by atoms with Gasteiger partial charge in [-0.05, 0) is 44.3 Å². The number of aromatic nitrogens is 2. The monoisotopic (exact) mass is 545 g/mol. The second kappa shape index (κ2) is 10.3. The molecular weight excluding hydrogens is 516 g/mol. The number of benzene rings is 1. The summed E-state index contributed by atoms with van der Waals surface area (Å²) in [7, 11) is 3.53. The van der Waals surface area contributed by atoms with Gasteiger partial charge in [-0.2, -0.15) is 0 Å². The number of ether oxygens (including phenoxy) is 2. The molecule has 1 aliphatic carbocycles. The summed E-state index contributed by atoms with van der Waals surface area (Å²) in [5.41, 5.74) is -0.657. The number of nitrogens with one attached hydrogen (secondary N) is 3. The maximum absolute atomic E-state index is 15.7. The van der Waals surface area contributed by atoms with Crippen LogP contribution in [0.3, 0.4) is 0 Å². The lowest BCUT2D eigenvalue weighted by Gasteiger charge is -2.21. The summed E-state index contributed by atoms with van der Waals surface area (Å²) in [6.07, 6.45) is -0.0350. The summed E-state index contributed by atoms with van der Waals surface area (Å²) in [5.74, 6) is -0.782. The minimum absolute atomic E-state index is 0.0196. The molecule has 1 saturated heterocycles. The number of nitrogens with zero attached hydrogens (tertiary/aromatic N) is 4. The first-order valence-corrected chi connectivity index (χ1v) is 12.5. The standard InChI is InChI=1S/C25H29F2N7O5/c1-13(33(2)3)22(36)30-15-4-14-6-25(27,7-17(14)18(26)5-15)12-28-8-16-10-34(24(37)39-16)19-9-29-23-21(31-19)32-20(35)11-38-23/h4-5,9,13,16,28H,6-8,10-12H2,1-3H3,(H,30,36)(H,31,32,35)/t13-,16?,25?/m1/s1. The fourth-order valence-electron chi connectivity index (χ4n) is 4.71. The maximum atomic E-state index is 15.7. The summed E-state index contributed by atoms with van der Waals surface area (Å²) >= 11 is 0. The first-order chi connectivity index (χ1) is 18.5. The highest BCUT2D eigenvalue weighted by atomic mass is 19.1. The third-order valence-corrected chi connectivity index (χ3v) is 7.00. The van der Waals surface area contributed by atoms with Crippen LogP contribution < -0.4 is 25.6 Å². The van der Waals surface area contributed by atoms with E-state index in [1.165, 1.54) is 17.2 Å². The van der Waals surface area contributed by atoms with Crippen LogP contribution in [0.2, 0.25) is 0 Å². The zero-order chi connectivity index (χ0) is 27.9. The molecule has 39 heavy (non-hydrogen) atoms. The summed E-state index contributed by atoms with van der Waals surface area (Å²) in [5, 5.41) is 8.22. The van der Waals surface area contributed by atoms with Gasteiger partial charge in [0.05, 0.1) is 18.8 Å². The SMILES string of the molecule is C[C@H](C(=O)Nc1cc(F)c2c(c1)CC(F)(CNCC1CN(c3cnc4c(n3)NC(=O)CO4)C(=O)O1)C2)N(C)C. The van der Waals surface area contributed by atoms with Crippen molar-refractivity contribution < 1.29 is 32.6 Å². The van der Waals surface area contributed by atoms with Crippen molar-refractivity contribution in [2.24, 2.45) is 0 Å². The molecule has 3 heterocycles. The predicted octanol–water partition coefficient (Wildman–Crippen LogP) is 1.26. The molecule has 2 aromatic rings. The van der Waals surface area contributed by atoms with Crippen molar-refractivity contribution in [3.63, 3.8) is 0 Å². The Kier molecular flexibility index (Phi) is 7.07. The highest BCUT2D eigenvalue weighted by Gasteiger charge is 2.40. The molecule has 1 aromatic heterocycles. The molecule has 12 nitrogen and oxygen atoms in total. The van der Waals surface area contributed by atoms with Crippen LogP contribution >= 0.6 is 0 Å². The number of hydrogen-bond donors (Lipinski definition) is 3. The van der Waals surface area contributed by atoms with E-state index < -0.39 is 29.7 Å². The van der Waals surface area contributed by atoms with E-state index in [2.05, 4.69) is 25.9 Å². The molecule has 0 radical (unpaired) electrons. The number of likely N-dealkylation sites (N-methyl/N-ethyl adjacent to an activating group) is 1. The molecule has 0 spiro atoms. The molecule has 0 saturated carbocycles. The van der Waals surface area contributed by atoms with Gasteiger partial charge in [-0.1, -0.05) is 0 Å². The number of halogens is 2. The maximum Gasteiger partial charge on any atom is 0.416 e. The average molecular weight is 546 g/mol. The topological polar surface area (TPSA) is 138 Å². The smallest absolute Gasteiger partial charge is 0.416 e. The number of anilines is 3. The van der Waals surface area contributed by atoms with Crippen LogP contribution in [0.4, 0.5) is 30.9 Å². The van der Waals surface area contributed by atoms with Crippen LogP contribution in [0.15, 0.2) is 18.3 Å². The largest absolute Gasteiger partial charge is 0.465 e. The van der Waals surface area contributed by atoms with Crippen LogP contribution in [-0.2, 0) is 27.2 Å². The molecular formula is C25H29F2N7O5. The lowest BCUT2D eigenvalue weighted by molar-refractivity contribution is -0.120. The zero-order valence-corrected chi connectivity index (χ0v) is 21.7. The lowest BCUT2D eigenvalue weighted by atomic mass is 10.0. The van der Waals surface area contributed by atoms with Gasteiger partial charge in [-0.3, -0.25) is 19.4 Å². The first-order valence-electron chi connectivity index (χ1n) is 12.5. The van der Waals surface area contributed by atoms with E-state index in [4.69, 9.17) is 9.47 Å². The Morgan fingerprint density at radius 3 is 2.90 bits per heavy atom. The molecule has 3 N–H and O–H groups in total. The van der Waals surface area contributed by atoms with Crippen molar-refractivity contribution in [2.45, 2.75) is 37.6 Å². The van der Waals surface area contributed by atoms with Gasteiger partial charge in [0.25, 0.3) is 11.8 Å². The second-order valence-corrected chi connectivity index (χ2v) is 10.2. The fraction of sp³-hybridized carbons (Fsp3) is 0.480. The summed E-state index contributed by atoms with van der Waals surface area (Å²) in [6.45, 7) is 1.77. The second-order valence-electron chi connectivity index (χ2n) is 10.2. The van der Waals surface area contributed by atoms with Crippen LogP contribution in [0, 0.1) is 5.82 Å². The highest BCUT2D eigenvalue weighted by Crippen LogP contribution is 2.36. The van der Waals surface area contributed by atoms with Crippen molar-refractivity contribution in [1.82, 2.24) is 20.2 Å². The van der Waals surface area contributed by atoms with E-state index in [9.17, 15) is 18.8 Å². The lowest BCUT2D eigenvalue weighted by Crippen LogP contribution is -2.41. The molecule has 3 amide bonds. The molecule has 3 atom stereocenters. The quantitative estimate of drug-likeness (QED) is 0.448. The molecule has 0 bridgehead atoms. The van der Waals surface area contributed by atoms with Gasteiger partial charge >= 0.3 is 6.09 Å². The minimum Gasteiger partial charge on any atom is -0.465 e. The number of carbonyl (C=O) groups is 3. The third kappa shape index (κ3) is 5.61. The number of amides is 3. The van der Waals surface area contributed by atoms with E-state index in [0.717, 1.165) is 0 Å². The first kappa shape index (κ1) is 26.7. The van der Waals surface area contributed by atoms with Crippen molar-refractivity contribution >= 4 is 35.2 Å². The third-order valence-electron chi connectivity index (χ3n) is 7.00. The Hall–Kier alpha value is -3.91. The number of hydrogen-bond acceptors (Lipinski definition) is 9. The summed E-state index contributed by atoms with van der Waals surface area (Å²) in [4.78, 5) is 47.6. The Balaban J connectivity index is 1.16. The zero-order valence-electron chi connectivity index (χ0n) is 21.7. The summed E-state index contributed by atoms with van der Waals surface area (Å²) < 4.78 is 41.0. The fourth-order valence-corrected chi connectivity index (χ4v) is 4.71. The van der Waals surface area contributed by atoms with Crippen molar-refractivity contribution in [3.8, 4) is 5.88 Å². The van der Waals surface area contributed by atoms with Crippen LogP contribution in [0.1, 0.15) is 18.1 Å². The number of fused-ring (bicyclic) bond motifs is 2. The average Bonchev–Trinajstić information content (AvgIpc) is 3.42. The van der Waals surface area contributed by atoms with Crippen molar-refractivity contribution in [2.75, 3.05) is 55.9 Å². The van der Waals surface area contributed by atoms with Gasteiger partial charge in [0.2, 0.25) is 5.91 Å². The van der Waals surface area contributed by atoms with Gasteiger partial charge in [0.1, 0.15) is 17.6 Å². The van der Waals surface area contributed by atoms with Gasteiger partial charge in [0.15, 0.2) is 18.2 Å². The molecule has 208 valence electrons. The number of rotatable bonds is 8. The number of alkyl halides is 1. The Bertz CT molecular complexity index is 1330. The van der Waals surface area contributed by atoms with E-state index in [1.54, 1.807) is 32.0 Å². The molecule has 3 aliphatic rings. The van der Waals surface area contributed by atoms with Crippen LogP contribution in [-0.4, -0.2) is 90.9 Å². The van der Waals surface area contributed by atoms with Gasteiger partial charge < -0.3 is 25.4 Å². The normalized spacial score (nSPS) is 22.6. The van der Waals surface area contributed by atoms with Crippen molar-refractivity contribution in [1.29, 1.82) is 0 Å². The molecule has 5 rings (SSSR count). The van der Waals surface area contributed by atoms with Crippen LogP contribution in [0.25, 0.3) is 0 Å².